The van der Waals surface area contributed by atoms with Gasteiger partial charge in [0.15, 0.2) is 0 Å². The van der Waals surface area contributed by atoms with Crippen LogP contribution in [0.15, 0.2) is 0 Å². The van der Waals surface area contributed by atoms with E-state index in [4.69, 9.17) is 0 Å². The predicted octanol–water partition coefficient (Wildman–Crippen LogP) is 4.76. The maximum absolute atomic E-state index is 3.75. The van der Waals surface area contributed by atoms with Crippen LogP contribution in [0.25, 0.3) is 0 Å². The first kappa shape index (κ1) is 14.4. The lowest BCUT2D eigenvalue weighted by Crippen LogP contribution is -2.32. The second-order valence-corrected chi connectivity index (χ2v) is 6.77. The summed E-state index contributed by atoms with van der Waals surface area (Å²) < 4.78 is 0. The van der Waals surface area contributed by atoms with Gasteiger partial charge in [-0.15, -0.1) is 0 Å². The summed E-state index contributed by atoms with van der Waals surface area (Å²) in [6.45, 7) is 5.72. The fraction of sp³-hybridized carbons (Fsp3) is 1.00. The highest BCUT2D eigenvalue weighted by Gasteiger charge is 2.39. The largest absolute Gasteiger partial charge is 0.314 e. The molecule has 0 heterocycles. The molecule has 18 heavy (non-hydrogen) atoms. The van der Waals surface area contributed by atoms with Crippen molar-refractivity contribution in [2.24, 2.45) is 17.8 Å². The molecule has 2 aliphatic carbocycles. The fourth-order valence-corrected chi connectivity index (χ4v) is 4.44. The average Bonchev–Trinajstić information content (AvgIpc) is 2.97. The predicted molar refractivity (Wildman–Crippen MR) is 79.8 cm³/mol. The standard InChI is InChI=1S/C17H33N/c1-3-5-6-7-8-17(18-4-2)13-16-12-14-9-10-15(16)11-14/h14-18H,3-13H2,1-2H3. The molecule has 1 N–H and O–H groups in total. The maximum atomic E-state index is 3.75. The Bertz CT molecular complexity index is 226. The van der Waals surface area contributed by atoms with Crippen molar-refractivity contribution in [1.82, 2.24) is 5.32 Å². The third-order valence-electron chi connectivity index (χ3n) is 5.37. The van der Waals surface area contributed by atoms with Crippen LogP contribution in [0.3, 0.4) is 0 Å². The molecule has 1 nitrogen and oxygen atoms in total. The Balaban J connectivity index is 1.68. The van der Waals surface area contributed by atoms with Crippen molar-refractivity contribution in [3.05, 3.63) is 0 Å². The van der Waals surface area contributed by atoms with Crippen LogP contribution < -0.4 is 5.32 Å². The first-order valence-electron chi connectivity index (χ1n) is 8.56. The van der Waals surface area contributed by atoms with Gasteiger partial charge in [-0.05, 0) is 56.4 Å². The van der Waals surface area contributed by atoms with Gasteiger partial charge in [-0.2, -0.15) is 0 Å². The van der Waals surface area contributed by atoms with Crippen molar-refractivity contribution < 1.29 is 0 Å². The number of fused-ring (bicyclic) bond motifs is 2. The summed E-state index contributed by atoms with van der Waals surface area (Å²) in [6, 6.07) is 0.816. The van der Waals surface area contributed by atoms with E-state index in [1.165, 1.54) is 38.5 Å². The number of nitrogens with one attached hydrogen (secondary N) is 1. The monoisotopic (exact) mass is 251 g/mol. The average molecular weight is 251 g/mol. The van der Waals surface area contributed by atoms with Gasteiger partial charge >= 0.3 is 0 Å². The third-order valence-corrected chi connectivity index (χ3v) is 5.37. The number of hydrogen-bond donors (Lipinski definition) is 1. The zero-order valence-electron chi connectivity index (χ0n) is 12.6. The molecule has 0 aromatic rings. The minimum Gasteiger partial charge on any atom is -0.314 e. The van der Waals surface area contributed by atoms with Crippen LogP contribution in [0.5, 0.6) is 0 Å². The molecule has 0 aliphatic heterocycles. The summed E-state index contributed by atoms with van der Waals surface area (Å²) in [7, 11) is 0. The molecule has 0 amide bonds. The van der Waals surface area contributed by atoms with E-state index in [2.05, 4.69) is 19.2 Å². The Hall–Kier alpha value is -0.0400. The van der Waals surface area contributed by atoms with E-state index >= 15 is 0 Å². The van der Waals surface area contributed by atoms with Crippen LogP contribution in [-0.2, 0) is 0 Å². The Kier molecular flexibility index (Phi) is 6.01. The third kappa shape index (κ3) is 3.98. The van der Waals surface area contributed by atoms with Crippen molar-refractivity contribution in [1.29, 1.82) is 0 Å². The molecule has 4 atom stereocenters. The van der Waals surface area contributed by atoms with Crippen molar-refractivity contribution in [2.45, 2.75) is 84.1 Å². The molecule has 2 saturated carbocycles. The lowest BCUT2D eigenvalue weighted by molar-refractivity contribution is 0.270. The highest BCUT2D eigenvalue weighted by Crippen LogP contribution is 2.50. The highest BCUT2D eigenvalue weighted by molar-refractivity contribution is 4.91. The van der Waals surface area contributed by atoms with Crippen molar-refractivity contribution in [3.63, 3.8) is 0 Å². The zero-order valence-corrected chi connectivity index (χ0v) is 12.6. The van der Waals surface area contributed by atoms with E-state index in [1.54, 1.807) is 25.7 Å². The van der Waals surface area contributed by atoms with E-state index in [0.29, 0.717) is 0 Å². The molecular weight excluding hydrogens is 218 g/mol. The lowest BCUT2D eigenvalue weighted by Gasteiger charge is -2.27. The molecule has 1 heteroatoms. The summed E-state index contributed by atoms with van der Waals surface area (Å²) in [6.07, 6.45) is 14.8. The highest BCUT2D eigenvalue weighted by atomic mass is 14.9. The van der Waals surface area contributed by atoms with Crippen molar-refractivity contribution in [3.8, 4) is 0 Å². The van der Waals surface area contributed by atoms with Crippen molar-refractivity contribution in [2.75, 3.05) is 6.54 Å². The van der Waals surface area contributed by atoms with Gasteiger partial charge in [0.05, 0.1) is 0 Å². The Morgan fingerprint density at radius 1 is 1.06 bits per heavy atom. The molecule has 0 aromatic carbocycles. The van der Waals surface area contributed by atoms with E-state index in [-0.39, 0.29) is 0 Å². The minimum absolute atomic E-state index is 0.816. The number of rotatable bonds is 9. The quantitative estimate of drug-likeness (QED) is 0.583. The smallest absolute Gasteiger partial charge is 0.00696 e. The number of unbranched alkanes of at least 4 members (excludes halogenated alkanes) is 3. The Morgan fingerprint density at radius 2 is 1.94 bits per heavy atom. The second kappa shape index (κ2) is 7.53. The Morgan fingerprint density at radius 3 is 2.56 bits per heavy atom. The zero-order chi connectivity index (χ0) is 12.8. The first-order chi connectivity index (χ1) is 8.83. The summed E-state index contributed by atoms with van der Waals surface area (Å²) in [4.78, 5) is 0. The molecule has 2 bridgehead atoms. The molecule has 0 radical (unpaired) electrons. The van der Waals surface area contributed by atoms with Crippen LogP contribution >= 0.6 is 0 Å². The van der Waals surface area contributed by atoms with Crippen LogP contribution in [-0.4, -0.2) is 12.6 Å². The molecular formula is C17H33N. The van der Waals surface area contributed by atoms with Gasteiger partial charge in [-0.1, -0.05) is 46.0 Å². The fourth-order valence-electron chi connectivity index (χ4n) is 4.44. The van der Waals surface area contributed by atoms with Gasteiger partial charge in [0.1, 0.15) is 0 Å². The summed E-state index contributed by atoms with van der Waals surface area (Å²) in [5, 5.41) is 3.75. The summed E-state index contributed by atoms with van der Waals surface area (Å²) in [5.74, 6) is 3.29. The molecule has 0 aromatic heterocycles. The van der Waals surface area contributed by atoms with Gasteiger partial charge in [0.25, 0.3) is 0 Å². The van der Waals surface area contributed by atoms with Gasteiger partial charge in [-0.25, -0.2) is 0 Å². The summed E-state index contributed by atoms with van der Waals surface area (Å²) in [5.41, 5.74) is 0. The van der Waals surface area contributed by atoms with Gasteiger partial charge in [0.2, 0.25) is 0 Å². The molecule has 2 rings (SSSR count). The van der Waals surface area contributed by atoms with Crippen LogP contribution in [0, 0.1) is 17.8 Å². The Labute approximate surface area is 114 Å². The van der Waals surface area contributed by atoms with Gasteiger partial charge in [0, 0.05) is 6.04 Å². The van der Waals surface area contributed by atoms with Crippen LogP contribution in [0.1, 0.15) is 78.1 Å². The maximum Gasteiger partial charge on any atom is 0.00696 e. The van der Waals surface area contributed by atoms with Crippen LogP contribution in [0.4, 0.5) is 0 Å². The molecule has 0 spiro atoms. The second-order valence-electron chi connectivity index (χ2n) is 6.77. The van der Waals surface area contributed by atoms with E-state index in [0.717, 1.165) is 30.3 Å². The molecule has 106 valence electrons. The van der Waals surface area contributed by atoms with E-state index in [9.17, 15) is 0 Å². The SMILES string of the molecule is CCCCCCC(CC1CC2CCC1C2)NCC. The topological polar surface area (TPSA) is 12.0 Å². The molecule has 0 saturated heterocycles. The lowest BCUT2D eigenvalue weighted by atomic mass is 9.83. The molecule has 2 fully saturated rings. The first-order valence-corrected chi connectivity index (χ1v) is 8.56. The normalized spacial score (nSPS) is 32.0. The molecule has 4 unspecified atom stereocenters. The minimum atomic E-state index is 0.816. The van der Waals surface area contributed by atoms with E-state index < -0.39 is 0 Å². The number of hydrogen-bond acceptors (Lipinski definition) is 1. The van der Waals surface area contributed by atoms with E-state index in [1.807, 2.05) is 0 Å². The van der Waals surface area contributed by atoms with Gasteiger partial charge < -0.3 is 5.32 Å². The molecule has 2 aliphatic rings. The summed E-state index contributed by atoms with van der Waals surface area (Å²) >= 11 is 0. The van der Waals surface area contributed by atoms with Gasteiger partial charge in [-0.3, -0.25) is 0 Å². The van der Waals surface area contributed by atoms with Crippen LogP contribution in [0.2, 0.25) is 0 Å². The van der Waals surface area contributed by atoms with Crippen molar-refractivity contribution >= 4 is 0 Å².